The van der Waals surface area contributed by atoms with Crippen molar-refractivity contribution in [2.24, 2.45) is 0 Å². The Bertz CT molecular complexity index is 209. The van der Waals surface area contributed by atoms with Gasteiger partial charge in [-0.1, -0.05) is 0 Å². The van der Waals surface area contributed by atoms with E-state index < -0.39 is 7.95 Å². The van der Waals surface area contributed by atoms with Crippen molar-refractivity contribution in [1.29, 1.82) is 0 Å². The van der Waals surface area contributed by atoms with Gasteiger partial charge in [-0.15, -0.1) is 0 Å². The van der Waals surface area contributed by atoms with Crippen LogP contribution in [0.15, 0.2) is 24.3 Å². The molecule has 0 saturated heterocycles. The van der Waals surface area contributed by atoms with Crippen molar-refractivity contribution < 1.29 is 5.73 Å². The number of halogens is 2. The first-order chi connectivity index (χ1) is 4.70. The van der Waals surface area contributed by atoms with Gasteiger partial charge in [0.25, 0.3) is 0 Å². The molecule has 1 aromatic carbocycles. The zero-order valence-corrected chi connectivity index (χ0v) is 11.4. The van der Waals surface area contributed by atoms with Crippen molar-refractivity contribution in [2.45, 2.75) is 0 Å². The summed E-state index contributed by atoms with van der Waals surface area (Å²) in [4.78, 5) is 0. The van der Waals surface area contributed by atoms with Crippen LogP contribution in [0, 0.1) is 0 Å². The first-order valence-electron chi connectivity index (χ1n) is 2.74. The van der Waals surface area contributed by atoms with Crippen LogP contribution in [-0.2, 0) is 0 Å². The van der Waals surface area contributed by atoms with E-state index in [1.54, 1.807) is 0 Å². The monoisotopic (exact) mass is 422 g/mol. The Balaban J connectivity index is 2.89. The van der Waals surface area contributed by atoms with Crippen LogP contribution in [-0.4, -0.2) is 7.95 Å². The first kappa shape index (κ1) is 9.29. The van der Waals surface area contributed by atoms with E-state index in [-0.39, 0.29) is 0 Å². The van der Waals surface area contributed by atoms with E-state index in [2.05, 4.69) is 70.3 Å². The van der Waals surface area contributed by atoms with Crippen LogP contribution in [0.25, 0.3) is 0 Å². The molecule has 0 fully saturated rings. The molecule has 1 aromatic rings. The molecule has 3 N–H and O–H groups in total. The van der Waals surface area contributed by atoms with Crippen molar-refractivity contribution >= 4 is 58.2 Å². The average Bonchev–Trinajstić information content (AvgIpc) is 1.88. The third kappa shape index (κ3) is 2.68. The fourth-order valence-corrected chi connectivity index (χ4v) is 4.74. The van der Waals surface area contributed by atoms with Gasteiger partial charge in [0, 0.05) is 0 Å². The Morgan fingerprint density at radius 2 is 1.60 bits per heavy atom. The number of hydrogen-bond acceptors (Lipinski definition) is 0. The van der Waals surface area contributed by atoms with Gasteiger partial charge in [-0.3, -0.25) is 0 Å². The summed E-state index contributed by atoms with van der Waals surface area (Å²) < 4.78 is 1.50. The third-order valence-electron chi connectivity index (χ3n) is 1.13. The maximum atomic E-state index is 3.83. The van der Waals surface area contributed by atoms with E-state index in [4.69, 9.17) is 0 Å². The van der Waals surface area contributed by atoms with E-state index in [0.29, 0.717) is 0 Å². The molecule has 0 radical (unpaired) electrons. The quantitative estimate of drug-likeness (QED) is 0.520. The molecule has 0 unspecified atom stereocenters. The number of rotatable bonds is 1. The summed E-state index contributed by atoms with van der Waals surface area (Å²) in [6.45, 7) is 0. The number of benzene rings is 1. The molecule has 1 rings (SSSR count). The van der Waals surface area contributed by atoms with E-state index in [1.165, 1.54) is 4.35 Å². The molecule has 0 saturated carbocycles. The predicted octanol–water partition coefficient (Wildman–Crippen LogP) is 1.13. The molecule has 10 heavy (non-hydrogen) atoms. The van der Waals surface area contributed by atoms with Crippen molar-refractivity contribution in [1.82, 2.24) is 0 Å². The van der Waals surface area contributed by atoms with E-state index in [9.17, 15) is 0 Å². The Morgan fingerprint density at radius 1 is 1.10 bits per heavy atom. The normalized spacial score (nSPS) is 10.4. The summed E-state index contributed by atoms with van der Waals surface area (Å²) in [5, 5.41) is 0. The van der Waals surface area contributed by atoms with Crippen molar-refractivity contribution in [2.75, 3.05) is 0 Å². The van der Waals surface area contributed by atoms with Crippen LogP contribution in [0.2, 0.25) is 0 Å². The van der Waals surface area contributed by atoms with E-state index in [0.717, 1.165) is 5.69 Å². The maximum absolute atomic E-state index is 3.83. The van der Waals surface area contributed by atoms with Gasteiger partial charge in [0.15, 0.2) is 0 Å². The average molecular weight is 422 g/mol. The molecular formula is C6H7AsI2N+. The number of hydrogen-bond donors (Lipinski definition) is 1. The summed E-state index contributed by atoms with van der Waals surface area (Å²) in [6.07, 6.45) is 0. The molecule has 1 nitrogen and oxygen atoms in total. The minimum absolute atomic E-state index is 0.697. The predicted molar refractivity (Wildman–Crippen MR) is 62.4 cm³/mol. The molecule has 54 valence electrons. The van der Waals surface area contributed by atoms with E-state index in [1.807, 2.05) is 0 Å². The minimum atomic E-state index is -0.697. The Labute approximate surface area is 87.1 Å². The van der Waals surface area contributed by atoms with Crippen molar-refractivity contribution in [3.05, 3.63) is 24.3 Å². The molecule has 0 bridgehead atoms. The van der Waals surface area contributed by atoms with Gasteiger partial charge < -0.3 is 0 Å². The molecular weight excluding hydrogens is 415 g/mol. The molecule has 0 aromatic heterocycles. The van der Waals surface area contributed by atoms with Crippen LogP contribution in [0.4, 0.5) is 5.69 Å². The van der Waals surface area contributed by atoms with Crippen molar-refractivity contribution in [3.8, 4) is 0 Å². The van der Waals surface area contributed by atoms with E-state index >= 15 is 0 Å². The second-order valence-corrected chi connectivity index (χ2v) is 23.6. The van der Waals surface area contributed by atoms with Gasteiger partial charge >= 0.3 is 88.2 Å². The second-order valence-electron chi connectivity index (χ2n) is 1.90. The third-order valence-corrected chi connectivity index (χ3v) is 8.37. The summed E-state index contributed by atoms with van der Waals surface area (Å²) in [5.74, 6) is 0. The zero-order valence-electron chi connectivity index (χ0n) is 5.22. The summed E-state index contributed by atoms with van der Waals surface area (Å²) in [5.41, 5.74) is 4.94. The van der Waals surface area contributed by atoms with Crippen LogP contribution in [0.3, 0.4) is 0 Å². The summed E-state index contributed by atoms with van der Waals surface area (Å²) >= 11 is 5.06. The van der Waals surface area contributed by atoms with Crippen LogP contribution in [0.5, 0.6) is 0 Å². The molecule has 0 aliphatic heterocycles. The van der Waals surface area contributed by atoms with Crippen molar-refractivity contribution in [3.63, 3.8) is 0 Å². The van der Waals surface area contributed by atoms with Crippen LogP contribution < -0.4 is 10.1 Å². The SMILES string of the molecule is [NH3+]c1ccc([As](I)I)cc1. The zero-order chi connectivity index (χ0) is 7.56. The topological polar surface area (TPSA) is 27.6 Å². The fraction of sp³-hybridized carbons (Fsp3) is 0. The van der Waals surface area contributed by atoms with Gasteiger partial charge in [-0.25, -0.2) is 0 Å². The molecule has 0 aliphatic rings. The van der Waals surface area contributed by atoms with Gasteiger partial charge in [0.1, 0.15) is 0 Å². The Kier molecular flexibility index (Phi) is 3.98. The molecule has 0 atom stereocenters. The molecule has 4 heteroatoms. The van der Waals surface area contributed by atoms with Crippen LogP contribution >= 0.6 is 40.3 Å². The second kappa shape index (κ2) is 4.28. The fourth-order valence-electron chi connectivity index (χ4n) is 0.609. The Morgan fingerprint density at radius 3 is 2.00 bits per heavy atom. The number of quaternary nitrogens is 1. The molecule has 0 heterocycles. The summed E-state index contributed by atoms with van der Waals surface area (Å²) in [6, 6.07) is 8.52. The van der Waals surface area contributed by atoms with Gasteiger partial charge in [0.05, 0.1) is 0 Å². The van der Waals surface area contributed by atoms with Crippen LogP contribution in [0.1, 0.15) is 0 Å². The van der Waals surface area contributed by atoms with Gasteiger partial charge in [-0.05, 0) is 0 Å². The molecule has 0 amide bonds. The molecule has 0 aliphatic carbocycles. The molecule has 0 spiro atoms. The van der Waals surface area contributed by atoms with Gasteiger partial charge in [0.2, 0.25) is 0 Å². The first-order valence-corrected chi connectivity index (χ1v) is 15.1. The van der Waals surface area contributed by atoms with Gasteiger partial charge in [-0.2, -0.15) is 0 Å². The summed E-state index contributed by atoms with van der Waals surface area (Å²) in [7, 11) is -0.697. The Hall–Kier alpha value is 1.20. The standard InChI is InChI=1S/C6H6AsI2N/c8-7(9)5-1-3-6(10)4-2-5/h1-4H,10H2/p+1.